The first-order valence-corrected chi connectivity index (χ1v) is 7.64. The first kappa shape index (κ1) is 13.0. The molecule has 2 heterocycles. The number of nitrogens with two attached hydrogens (primary N) is 1. The van der Waals surface area contributed by atoms with Crippen LogP contribution in [0.4, 0.5) is 5.13 Å². The molecule has 0 saturated heterocycles. The van der Waals surface area contributed by atoms with Crippen LogP contribution < -0.4 is 11.3 Å². The van der Waals surface area contributed by atoms with Crippen LogP contribution in [-0.4, -0.2) is 15.0 Å². The quantitative estimate of drug-likeness (QED) is 0.596. The van der Waals surface area contributed by atoms with E-state index in [9.17, 15) is 4.79 Å². The average Bonchev–Trinajstić information content (AvgIpc) is 2.88. The van der Waals surface area contributed by atoms with Gasteiger partial charge in [-0.1, -0.05) is 41.7 Å². The molecule has 0 spiro atoms. The second kappa shape index (κ2) is 4.92. The molecule has 0 saturated carbocycles. The van der Waals surface area contributed by atoms with Crippen LogP contribution in [0.5, 0.6) is 0 Å². The molecule has 0 aliphatic rings. The van der Waals surface area contributed by atoms with Gasteiger partial charge in [0.15, 0.2) is 5.13 Å². The Hall–Kier alpha value is -2.73. The zero-order valence-corrected chi connectivity index (χ0v) is 12.4. The van der Waals surface area contributed by atoms with Crippen LogP contribution in [0.25, 0.3) is 21.1 Å². The van der Waals surface area contributed by atoms with Crippen molar-refractivity contribution in [3.8, 4) is 0 Å². The van der Waals surface area contributed by atoms with E-state index in [-0.39, 0.29) is 5.56 Å². The first-order valence-electron chi connectivity index (χ1n) is 6.82. The SMILES string of the molecule is Nc1nc2ccc3nc(Cc4ccccc4)[nH]c(=O)c3c2s1. The van der Waals surface area contributed by atoms with Crippen LogP contribution in [0.1, 0.15) is 11.4 Å². The largest absolute Gasteiger partial charge is 0.375 e. The van der Waals surface area contributed by atoms with Gasteiger partial charge in [-0.25, -0.2) is 9.97 Å². The third kappa shape index (κ3) is 2.14. The van der Waals surface area contributed by atoms with Gasteiger partial charge in [0.25, 0.3) is 5.56 Å². The van der Waals surface area contributed by atoms with Crippen molar-refractivity contribution in [2.24, 2.45) is 0 Å². The van der Waals surface area contributed by atoms with Crippen molar-refractivity contribution in [1.82, 2.24) is 15.0 Å². The number of aromatic amines is 1. The molecule has 0 amide bonds. The molecule has 2 aromatic heterocycles. The lowest BCUT2D eigenvalue weighted by atomic mass is 10.1. The molecule has 4 rings (SSSR count). The minimum Gasteiger partial charge on any atom is -0.375 e. The molecule has 5 nitrogen and oxygen atoms in total. The molecular formula is C16H12N4OS. The second-order valence-electron chi connectivity index (χ2n) is 5.04. The van der Waals surface area contributed by atoms with Crippen LogP contribution in [0.15, 0.2) is 47.3 Å². The molecule has 0 fully saturated rings. The number of nitrogen functional groups attached to an aromatic ring is 1. The third-order valence-corrected chi connectivity index (χ3v) is 4.42. The van der Waals surface area contributed by atoms with E-state index in [2.05, 4.69) is 15.0 Å². The summed E-state index contributed by atoms with van der Waals surface area (Å²) < 4.78 is 0.787. The fourth-order valence-corrected chi connectivity index (χ4v) is 3.42. The van der Waals surface area contributed by atoms with Crippen LogP contribution in [0.2, 0.25) is 0 Å². The molecule has 0 bridgehead atoms. The molecule has 0 aliphatic heterocycles. The number of nitrogens with one attached hydrogen (secondary N) is 1. The van der Waals surface area contributed by atoms with Gasteiger partial charge in [-0.15, -0.1) is 0 Å². The number of hydrogen-bond acceptors (Lipinski definition) is 5. The summed E-state index contributed by atoms with van der Waals surface area (Å²) in [5.41, 5.74) is 8.10. The summed E-state index contributed by atoms with van der Waals surface area (Å²) in [6.07, 6.45) is 0.592. The lowest BCUT2D eigenvalue weighted by molar-refractivity contribution is 0.974. The highest BCUT2D eigenvalue weighted by Crippen LogP contribution is 2.28. The van der Waals surface area contributed by atoms with E-state index in [1.165, 1.54) is 11.3 Å². The van der Waals surface area contributed by atoms with E-state index in [0.29, 0.717) is 28.3 Å². The van der Waals surface area contributed by atoms with E-state index in [4.69, 9.17) is 5.73 Å². The van der Waals surface area contributed by atoms with Crippen molar-refractivity contribution >= 4 is 37.6 Å². The van der Waals surface area contributed by atoms with Gasteiger partial charge in [-0.2, -0.15) is 0 Å². The Kier molecular flexibility index (Phi) is 2.90. The summed E-state index contributed by atoms with van der Waals surface area (Å²) in [6, 6.07) is 13.6. The maximum Gasteiger partial charge on any atom is 0.260 e. The lowest BCUT2D eigenvalue weighted by Crippen LogP contribution is -2.12. The molecule has 0 aliphatic carbocycles. The Morgan fingerprint density at radius 3 is 2.64 bits per heavy atom. The predicted octanol–water partition coefficient (Wildman–Crippen LogP) is 2.71. The maximum absolute atomic E-state index is 12.5. The molecule has 22 heavy (non-hydrogen) atoms. The Bertz CT molecular complexity index is 1040. The summed E-state index contributed by atoms with van der Waals surface area (Å²) in [5, 5.41) is 1.01. The second-order valence-corrected chi connectivity index (χ2v) is 6.07. The fraction of sp³-hybridized carbons (Fsp3) is 0.0625. The van der Waals surface area contributed by atoms with E-state index in [1.54, 1.807) is 0 Å². The number of anilines is 1. The van der Waals surface area contributed by atoms with Gasteiger partial charge in [0.1, 0.15) is 5.82 Å². The summed E-state index contributed by atoms with van der Waals surface area (Å²) in [7, 11) is 0. The third-order valence-electron chi connectivity index (χ3n) is 3.51. The number of nitrogens with zero attached hydrogens (tertiary/aromatic N) is 2. The Balaban J connectivity index is 1.90. The maximum atomic E-state index is 12.5. The fourth-order valence-electron chi connectivity index (χ4n) is 2.55. The highest BCUT2D eigenvalue weighted by molar-refractivity contribution is 7.22. The van der Waals surface area contributed by atoms with E-state index >= 15 is 0 Å². The Morgan fingerprint density at radius 2 is 1.82 bits per heavy atom. The zero-order chi connectivity index (χ0) is 15.1. The Labute approximate surface area is 129 Å². The summed E-state index contributed by atoms with van der Waals surface area (Å²) in [6.45, 7) is 0. The molecule has 0 radical (unpaired) electrons. The monoisotopic (exact) mass is 308 g/mol. The van der Waals surface area contributed by atoms with Crippen molar-refractivity contribution in [1.29, 1.82) is 0 Å². The number of benzene rings is 2. The highest BCUT2D eigenvalue weighted by atomic mass is 32.1. The van der Waals surface area contributed by atoms with Crippen molar-refractivity contribution in [3.63, 3.8) is 0 Å². The van der Waals surface area contributed by atoms with Crippen LogP contribution in [0, 0.1) is 0 Å². The van der Waals surface area contributed by atoms with Crippen molar-refractivity contribution < 1.29 is 0 Å². The number of aromatic nitrogens is 3. The van der Waals surface area contributed by atoms with Crippen molar-refractivity contribution in [3.05, 3.63) is 64.2 Å². The number of rotatable bonds is 2. The van der Waals surface area contributed by atoms with Gasteiger partial charge in [0.05, 0.1) is 21.1 Å². The number of thiazole rings is 1. The minimum atomic E-state index is -0.148. The van der Waals surface area contributed by atoms with Crippen molar-refractivity contribution in [2.75, 3.05) is 5.73 Å². The molecule has 4 aromatic rings. The van der Waals surface area contributed by atoms with Gasteiger partial charge < -0.3 is 10.7 Å². The summed E-state index contributed by atoms with van der Waals surface area (Å²) in [4.78, 5) is 24.1. The average molecular weight is 308 g/mol. The Morgan fingerprint density at radius 1 is 1.05 bits per heavy atom. The molecule has 3 N–H and O–H groups in total. The summed E-state index contributed by atoms with van der Waals surface area (Å²) in [5.74, 6) is 0.653. The normalized spacial score (nSPS) is 11.3. The van der Waals surface area contributed by atoms with Crippen LogP contribution in [0.3, 0.4) is 0 Å². The molecule has 6 heteroatoms. The van der Waals surface area contributed by atoms with Crippen LogP contribution in [-0.2, 0) is 6.42 Å². The zero-order valence-electron chi connectivity index (χ0n) is 11.5. The smallest absolute Gasteiger partial charge is 0.260 e. The standard InChI is InChI=1S/C16H12N4OS/c17-16-19-11-7-6-10-13(14(11)22-16)15(21)20-12(18-10)8-9-4-2-1-3-5-9/h1-7H,8H2,(H2,17,19)(H,18,20,21). The number of fused-ring (bicyclic) bond motifs is 3. The van der Waals surface area contributed by atoms with Gasteiger partial charge in [-0.3, -0.25) is 4.79 Å². The molecule has 0 unspecified atom stereocenters. The first-order chi connectivity index (χ1) is 10.7. The molecule has 108 valence electrons. The van der Waals surface area contributed by atoms with E-state index in [0.717, 1.165) is 15.8 Å². The van der Waals surface area contributed by atoms with Crippen LogP contribution >= 0.6 is 11.3 Å². The van der Waals surface area contributed by atoms with Gasteiger partial charge in [-0.05, 0) is 17.7 Å². The topological polar surface area (TPSA) is 84.7 Å². The van der Waals surface area contributed by atoms with E-state index < -0.39 is 0 Å². The van der Waals surface area contributed by atoms with Gasteiger partial charge in [0.2, 0.25) is 0 Å². The minimum absolute atomic E-state index is 0.148. The molecular weight excluding hydrogens is 296 g/mol. The van der Waals surface area contributed by atoms with Crippen molar-refractivity contribution in [2.45, 2.75) is 6.42 Å². The molecule has 0 atom stereocenters. The number of H-pyrrole nitrogens is 1. The predicted molar refractivity (Wildman–Crippen MR) is 89.2 cm³/mol. The highest BCUT2D eigenvalue weighted by Gasteiger charge is 2.11. The number of hydrogen-bond donors (Lipinski definition) is 2. The van der Waals surface area contributed by atoms with E-state index in [1.807, 2.05) is 42.5 Å². The lowest BCUT2D eigenvalue weighted by Gasteiger charge is -2.03. The molecule has 2 aromatic carbocycles. The van der Waals surface area contributed by atoms with Gasteiger partial charge in [0, 0.05) is 6.42 Å². The summed E-state index contributed by atoms with van der Waals surface area (Å²) >= 11 is 1.31. The van der Waals surface area contributed by atoms with Gasteiger partial charge >= 0.3 is 0 Å².